The smallest absolute Gasteiger partial charge is 0.344 e. The third-order valence-corrected chi connectivity index (χ3v) is 4.09. The number of rotatable bonds is 5. The van der Waals surface area contributed by atoms with E-state index >= 15 is 0 Å². The molecule has 1 aromatic carbocycles. The minimum absolute atomic E-state index is 0.189. The van der Waals surface area contributed by atoms with Gasteiger partial charge in [0.2, 0.25) is 5.91 Å². The van der Waals surface area contributed by atoms with E-state index in [4.69, 9.17) is 10.5 Å². The lowest BCUT2D eigenvalue weighted by atomic mass is 10.1. The van der Waals surface area contributed by atoms with Crippen LogP contribution in [0.2, 0.25) is 0 Å². The Morgan fingerprint density at radius 2 is 2.04 bits per heavy atom. The highest BCUT2D eigenvalue weighted by Gasteiger charge is 2.34. The Hall–Kier alpha value is -2.19. The van der Waals surface area contributed by atoms with E-state index in [-0.39, 0.29) is 23.8 Å². The first-order chi connectivity index (χ1) is 10.7. The summed E-state index contributed by atoms with van der Waals surface area (Å²) >= 11 is 0.979. The van der Waals surface area contributed by atoms with Crippen LogP contribution in [0, 0.1) is 22.7 Å². The minimum Gasteiger partial charge on any atom is -0.344 e. The summed E-state index contributed by atoms with van der Waals surface area (Å²) in [6.45, 7) is 1.85. The minimum atomic E-state index is -4.63. The van der Waals surface area contributed by atoms with Gasteiger partial charge in [0.05, 0.1) is 34.9 Å². The second kappa shape index (κ2) is 7.89. The molecule has 1 rings (SSSR count). The lowest BCUT2D eigenvalue weighted by Crippen LogP contribution is -2.33. The van der Waals surface area contributed by atoms with Crippen LogP contribution in [0.3, 0.4) is 0 Å². The van der Waals surface area contributed by atoms with Crippen LogP contribution in [-0.4, -0.2) is 29.6 Å². The lowest BCUT2D eigenvalue weighted by Gasteiger charge is -2.20. The molecule has 0 aliphatic heterocycles. The highest BCUT2D eigenvalue weighted by Crippen LogP contribution is 2.35. The first-order valence-electron chi connectivity index (χ1n) is 6.60. The van der Waals surface area contributed by atoms with Crippen molar-refractivity contribution in [3.63, 3.8) is 0 Å². The molecule has 0 heterocycles. The Morgan fingerprint density at radius 1 is 1.39 bits per heavy atom. The largest absolute Gasteiger partial charge is 0.417 e. The molecule has 0 N–H and O–H groups in total. The quantitative estimate of drug-likeness (QED) is 0.770. The summed E-state index contributed by atoms with van der Waals surface area (Å²) < 4.78 is 38.7. The van der Waals surface area contributed by atoms with Crippen molar-refractivity contribution in [2.75, 3.05) is 13.6 Å². The second-order valence-electron chi connectivity index (χ2n) is 4.74. The third kappa shape index (κ3) is 5.19. The van der Waals surface area contributed by atoms with Crippen LogP contribution in [0.1, 0.15) is 24.5 Å². The van der Waals surface area contributed by atoms with Crippen LogP contribution in [-0.2, 0) is 11.0 Å². The van der Waals surface area contributed by atoms with Crippen LogP contribution in [0.4, 0.5) is 13.2 Å². The van der Waals surface area contributed by atoms with Gasteiger partial charge in [-0.25, -0.2) is 0 Å². The highest BCUT2D eigenvalue weighted by atomic mass is 32.2. The second-order valence-corrected chi connectivity index (χ2v) is 6.16. The molecule has 1 aromatic rings. The monoisotopic (exact) mass is 341 g/mol. The van der Waals surface area contributed by atoms with Crippen LogP contribution in [0.5, 0.6) is 0 Å². The summed E-state index contributed by atoms with van der Waals surface area (Å²) in [6.07, 6.45) is -4.44. The molecule has 8 heteroatoms. The van der Waals surface area contributed by atoms with Crippen molar-refractivity contribution in [1.82, 2.24) is 4.90 Å². The molecule has 0 saturated heterocycles. The number of nitriles is 2. The number of nitrogens with zero attached hydrogens (tertiary/aromatic N) is 3. The van der Waals surface area contributed by atoms with Gasteiger partial charge in [-0.2, -0.15) is 23.7 Å². The van der Waals surface area contributed by atoms with Crippen molar-refractivity contribution >= 4 is 17.7 Å². The Labute approximate surface area is 136 Å². The predicted octanol–water partition coefficient (Wildman–Crippen LogP) is 3.43. The fourth-order valence-electron chi connectivity index (χ4n) is 1.82. The van der Waals surface area contributed by atoms with E-state index in [1.807, 2.05) is 6.07 Å². The van der Waals surface area contributed by atoms with Crippen LogP contribution >= 0.6 is 11.8 Å². The van der Waals surface area contributed by atoms with Gasteiger partial charge in [0, 0.05) is 18.5 Å². The molecule has 0 saturated carbocycles. The fourth-order valence-corrected chi connectivity index (χ4v) is 2.84. The summed E-state index contributed by atoms with van der Waals surface area (Å²) in [5.41, 5.74) is -1.46. The van der Waals surface area contributed by atoms with Crippen LogP contribution in [0.15, 0.2) is 23.1 Å². The topological polar surface area (TPSA) is 67.9 Å². The average molecular weight is 341 g/mol. The van der Waals surface area contributed by atoms with Gasteiger partial charge in [-0.1, -0.05) is 0 Å². The molecule has 0 bridgehead atoms. The molecular weight excluding hydrogens is 327 g/mol. The molecule has 0 unspecified atom stereocenters. The van der Waals surface area contributed by atoms with Crippen LogP contribution < -0.4 is 0 Å². The van der Waals surface area contributed by atoms with Crippen molar-refractivity contribution < 1.29 is 18.0 Å². The summed E-state index contributed by atoms with van der Waals surface area (Å²) in [5, 5.41) is 16.7. The zero-order chi connectivity index (χ0) is 17.6. The van der Waals surface area contributed by atoms with E-state index in [0.717, 1.165) is 23.9 Å². The number of hydrogen-bond donors (Lipinski definition) is 0. The van der Waals surface area contributed by atoms with E-state index in [0.29, 0.717) is 0 Å². The molecule has 0 radical (unpaired) electrons. The maximum absolute atomic E-state index is 12.9. The maximum Gasteiger partial charge on any atom is 0.417 e. The number of amides is 1. The summed E-state index contributed by atoms with van der Waals surface area (Å²) in [5.74, 6) is -0.275. The first kappa shape index (κ1) is 18.9. The predicted molar refractivity (Wildman–Crippen MR) is 79.3 cm³/mol. The number of hydrogen-bond acceptors (Lipinski definition) is 4. The number of thioether (sulfide) groups is 1. The van der Waals surface area contributed by atoms with Gasteiger partial charge < -0.3 is 4.90 Å². The molecule has 0 aromatic heterocycles. The van der Waals surface area contributed by atoms with Gasteiger partial charge in [-0.15, -0.1) is 11.8 Å². The van der Waals surface area contributed by atoms with E-state index in [1.54, 1.807) is 6.92 Å². The molecular formula is C15H14F3N3OS. The van der Waals surface area contributed by atoms with Gasteiger partial charge in [0.15, 0.2) is 0 Å². The molecule has 23 heavy (non-hydrogen) atoms. The SMILES string of the molecule is C[C@H](Sc1ccc(C#N)c(C(F)(F)F)c1)C(=O)N(C)CCC#N. The molecule has 1 amide bonds. The zero-order valence-corrected chi connectivity index (χ0v) is 13.3. The van der Waals surface area contributed by atoms with Gasteiger partial charge in [0.1, 0.15) is 0 Å². The average Bonchev–Trinajstić information content (AvgIpc) is 2.50. The molecule has 0 aliphatic carbocycles. The molecule has 0 spiro atoms. The molecule has 0 aliphatic rings. The number of carbonyl (C=O) groups is 1. The Bertz CT molecular complexity index is 661. The van der Waals surface area contributed by atoms with Gasteiger partial charge in [-0.05, 0) is 25.1 Å². The summed E-state index contributed by atoms with van der Waals surface area (Å²) in [7, 11) is 1.54. The number of benzene rings is 1. The van der Waals surface area contributed by atoms with Gasteiger partial charge in [-0.3, -0.25) is 4.79 Å². The Kier molecular flexibility index (Phi) is 6.47. The molecule has 4 nitrogen and oxygen atoms in total. The Morgan fingerprint density at radius 3 is 2.57 bits per heavy atom. The molecule has 0 fully saturated rings. The Balaban J connectivity index is 2.91. The lowest BCUT2D eigenvalue weighted by molar-refractivity contribution is -0.138. The van der Waals surface area contributed by atoms with Crippen LogP contribution in [0.25, 0.3) is 0 Å². The van der Waals surface area contributed by atoms with E-state index in [2.05, 4.69) is 0 Å². The van der Waals surface area contributed by atoms with Gasteiger partial charge >= 0.3 is 6.18 Å². The summed E-state index contributed by atoms with van der Waals surface area (Å²) in [6, 6.07) is 6.80. The van der Waals surface area contributed by atoms with E-state index in [9.17, 15) is 18.0 Å². The highest BCUT2D eigenvalue weighted by molar-refractivity contribution is 8.00. The molecule has 122 valence electrons. The van der Waals surface area contributed by atoms with Crippen molar-refractivity contribution in [3.05, 3.63) is 29.3 Å². The number of halogens is 3. The number of alkyl halides is 3. The van der Waals surface area contributed by atoms with Crippen molar-refractivity contribution in [1.29, 1.82) is 10.5 Å². The maximum atomic E-state index is 12.9. The standard InChI is InChI=1S/C15H14F3N3OS/c1-10(14(22)21(2)7-3-6-19)23-12-5-4-11(9-20)13(8-12)15(16,17)18/h4-5,8,10H,3,7H2,1-2H3/t10-/m0/s1. The van der Waals surface area contributed by atoms with E-state index < -0.39 is 22.6 Å². The fraction of sp³-hybridized carbons (Fsp3) is 0.400. The third-order valence-electron chi connectivity index (χ3n) is 3.01. The number of carbonyl (C=O) groups excluding carboxylic acids is 1. The zero-order valence-electron chi connectivity index (χ0n) is 12.5. The van der Waals surface area contributed by atoms with Crippen molar-refractivity contribution in [3.8, 4) is 12.1 Å². The van der Waals surface area contributed by atoms with Gasteiger partial charge in [0.25, 0.3) is 0 Å². The van der Waals surface area contributed by atoms with Crippen molar-refractivity contribution in [2.45, 2.75) is 29.7 Å². The summed E-state index contributed by atoms with van der Waals surface area (Å²) in [4.78, 5) is 13.7. The normalized spacial score (nSPS) is 12.1. The first-order valence-corrected chi connectivity index (χ1v) is 7.48. The molecule has 1 atom stereocenters. The van der Waals surface area contributed by atoms with Crippen molar-refractivity contribution in [2.24, 2.45) is 0 Å². The van der Waals surface area contributed by atoms with E-state index in [1.165, 1.54) is 24.1 Å².